The molecular formula is C22H17NO3S. The van der Waals surface area contributed by atoms with Crippen LogP contribution < -0.4 is 14.8 Å². The van der Waals surface area contributed by atoms with Crippen LogP contribution in [0.3, 0.4) is 0 Å². The predicted molar refractivity (Wildman–Crippen MR) is 107 cm³/mol. The molecule has 3 aromatic rings. The molecule has 5 heteroatoms. The molecule has 4 rings (SSSR count). The van der Waals surface area contributed by atoms with Gasteiger partial charge in [0.1, 0.15) is 0 Å². The molecule has 134 valence electrons. The van der Waals surface area contributed by atoms with E-state index in [2.05, 4.69) is 5.32 Å². The average Bonchev–Trinajstić information content (AvgIpc) is 3.17. The molecule has 0 fully saturated rings. The standard InChI is InChI=1S/C22H17NO3S/c24-22(13-11-16-10-12-19-20(14-16)26-15-25-19)23-18-8-4-5-9-21(18)27-17-6-2-1-3-7-17/h1-14H,15H2,(H,23,24)/b13-11+. The molecule has 0 saturated heterocycles. The van der Waals surface area contributed by atoms with E-state index in [0.29, 0.717) is 5.75 Å². The number of hydrogen-bond donors (Lipinski definition) is 1. The fraction of sp³-hybridized carbons (Fsp3) is 0.0455. The Morgan fingerprint density at radius 2 is 1.70 bits per heavy atom. The van der Waals surface area contributed by atoms with Crippen molar-refractivity contribution in [1.82, 2.24) is 0 Å². The Bertz CT molecular complexity index is 986. The molecule has 0 aromatic heterocycles. The smallest absolute Gasteiger partial charge is 0.248 e. The van der Waals surface area contributed by atoms with Gasteiger partial charge in [0.2, 0.25) is 12.7 Å². The third-order valence-corrected chi connectivity index (χ3v) is 5.02. The number of amides is 1. The first kappa shape index (κ1) is 17.2. The Kier molecular flexibility index (Phi) is 5.12. The van der Waals surface area contributed by atoms with Crippen molar-refractivity contribution in [2.75, 3.05) is 12.1 Å². The lowest BCUT2D eigenvalue weighted by Gasteiger charge is -2.09. The van der Waals surface area contributed by atoms with Crippen molar-refractivity contribution in [3.63, 3.8) is 0 Å². The minimum Gasteiger partial charge on any atom is -0.454 e. The summed E-state index contributed by atoms with van der Waals surface area (Å²) in [5, 5.41) is 2.95. The van der Waals surface area contributed by atoms with Crippen LogP contribution in [0.5, 0.6) is 11.5 Å². The molecule has 0 spiro atoms. The van der Waals surface area contributed by atoms with Crippen LogP contribution >= 0.6 is 11.8 Å². The Balaban J connectivity index is 1.45. The summed E-state index contributed by atoms with van der Waals surface area (Å²) >= 11 is 1.61. The number of benzene rings is 3. The normalized spacial score (nSPS) is 12.3. The quantitative estimate of drug-likeness (QED) is 0.621. The lowest BCUT2D eigenvalue weighted by atomic mass is 10.2. The van der Waals surface area contributed by atoms with Gasteiger partial charge in [-0.1, -0.05) is 48.2 Å². The third kappa shape index (κ3) is 4.33. The van der Waals surface area contributed by atoms with Gasteiger partial charge in [-0.2, -0.15) is 0 Å². The molecule has 0 atom stereocenters. The zero-order valence-corrected chi connectivity index (χ0v) is 15.2. The largest absolute Gasteiger partial charge is 0.454 e. The first-order valence-electron chi connectivity index (χ1n) is 8.48. The van der Waals surface area contributed by atoms with Gasteiger partial charge >= 0.3 is 0 Å². The minimum atomic E-state index is -0.186. The van der Waals surface area contributed by atoms with E-state index in [1.54, 1.807) is 17.8 Å². The van der Waals surface area contributed by atoms with Crippen LogP contribution in [0, 0.1) is 0 Å². The summed E-state index contributed by atoms with van der Waals surface area (Å²) in [5.41, 5.74) is 1.66. The Morgan fingerprint density at radius 3 is 2.59 bits per heavy atom. The molecule has 0 aliphatic carbocycles. The summed E-state index contributed by atoms with van der Waals surface area (Å²) in [4.78, 5) is 14.5. The van der Waals surface area contributed by atoms with Gasteiger partial charge in [0.05, 0.1) is 5.69 Å². The number of fused-ring (bicyclic) bond motifs is 1. The zero-order chi connectivity index (χ0) is 18.5. The topological polar surface area (TPSA) is 47.6 Å². The number of carbonyl (C=O) groups excluding carboxylic acids is 1. The molecule has 0 unspecified atom stereocenters. The molecular weight excluding hydrogens is 358 g/mol. The van der Waals surface area contributed by atoms with Crippen molar-refractivity contribution in [3.05, 3.63) is 84.4 Å². The van der Waals surface area contributed by atoms with Gasteiger partial charge in [-0.3, -0.25) is 4.79 Å². The first-order valence-corrected chi connectivity index (χ1v) is 9.30. The SMILES string of the molecule is O=C(/C=C/c1ccc2c(c1)OCO2)Nc1ccccc1Sc1ccccc1. The third-order valence-electron chi connectivity index (χ3n) is 3.94. The van der Waals surface area contributed by atoms with Crippen LogP contribution in [0.2, 0.25) is 0 Å². The number of anilines is 1. The van der Waals surface area contributed by atoms with Crippen LogP contribution in [0.4, 0.5) is 5.69 Å². The second-order valence-electron chi connectivity index (χ2n) is 5.85. The Labute approximate surface area is 161 Å². The first-order chi connectivity index (χ1) is 13.3. The van der Waals surface area contributed by atoms with Crippen molar-refractivity contribution in [1.29, 1.82) is 0 Å². The average molecular weight is 375 g/mol. The highest BCUT2D eigenvalue weighted by Crippen LogP contribution is 2.34. The minimum absolute atomic E-state index is 0.186. The summed E-state index contributed by atoms with van der Waals surface area (Å²) in [6.07, 6.45) is 3.27. The second-order valence-corrected chi connectivity index (χ2v) is 6.96. The van der Waals surface area contributed by atoms with E-state index in [0.717, 1.165) is 26.8 Å². The molecule has 4 nitrogen and oxygen atoms in total. The zero-order valence-electron chi connectivity index (χ0n) is 14.4. The highest BCUT2D eigenvalue weighted by Gasteiger charge is 2.12. The molecule has 1 aliphatic rings. The fourth-order valence-corrected chi connectivity index (χ4v) is 3.56. The van der Waals surface area contributed by atoms with Gasteiger partial charge in [-0.15, -0.1) is 0 Å². The summed E-state index contributed by atoms with van der Waals surface area (Å²) in [5.74, 6) is 1.24. The summed E-state index contributed by atoms with van der Waals surface area (Å²) in [6.45, 7) is 0.235. The summed E-state index contributed by atoms with van der Waals surface area (Å²) in [6, 6.07) is 23.4. The summed E-state index contributed by atoms with van der Waals surface area (Å²) < 4.78 is 10.6. The van der Waals surface area contributed by atoms with Crippen molar-refractivity contribution in [2.24, 2.45) is 0 Å². The van der Waals surface area contributed by atoms with Gasteiger partial charge in [0.25, 0.3) is 0 Å². The van der Waals surface area contributed by atoms with Gasteiger partial charge in [-0.05, 0) is 48.0 Å². The van der Waals surface area contributed by atoms with Crippen LogP contribution in [0.25, 0.3) is 6.08 Å². The lowest BCUT2D eigenvalue weighted by molar-refractivity contribution is -0.111. The van der Waals surface area contributed by atoms with E-state index in [1.165, 1.54) is 6.08 Å². The molecule has 3 aromatic carbocycles. The Hall–Kier alpha value is -3.18. The fourth-order valence-electron chi connectivity index (χ4n) is 2.64. The van der Waals surface area contributed by atoms with E-state index in [4.69, 9.17) is 9.47 Å². The molecule has 1 N–H and O–H groups in total. The van der Waals surface area contributed by atoms with Crippen molar-refractivity contribution >= 4 is 29.4 Å². The van der Waals surface area contributed by atoms with Crippen molar-refractivity contribution in [3.8, 4) is 11.5 Å². The molecule has 1 amide bonds. The van der Waals surface area contributed by atoms with Crippen LogP contribution in [-0.4, -0.2) is 12.7 Å². The maximum Gasteiger partial charge on any atom is 0.248 e. The monoisotopic (exact) mass is 375 g/mol. The van der Waals surface area contributed by atoms with E-state index >= 15 is 0 Å². The predicted octanol–water partition coefficient (Wildman–Crippen LogP) is 5.22. The van der Waals surface area contributed by atoms with E-state index in [-0.39, 0.29) is 12.7 Å². The van der Waals surface area contributed by atoms with Gasteiger partial charge in [-0.25, -0.2) is 0 Å². The number of ether oxygens (including phenoxy) is 2. The Morgan fingerprint density at radius 1 is 0.926 bits per heavy atom. The maximum atomic E-state index is 12.4. The van der Waals surface area contributed by atoms with E-state index in [9.17, 15) is 4.79 Å². The number of carbonyl (C=O) groups is 1. The molecule has 1 aliphatic heterocycles. The van der Waals surface area contributed by atoms with Crippen molar-refractivity contribution in [2.45, 2.75) is 9.79 Å². The van der Waals surface area contributed by atoms with Gasteiger partial charge in [0, 0.05) is 15.9 Å². The molecule has 0 bridgehead atoms. The highest BCUT2D eigenvalue weighted by atomic mass is 32.2. The van der Waals surface area contributed by atoms with Crippen LogP contribution in [0.15, 0.2) is 88.7 Å². The lowest BCUT2D eigenvalue weighted by Crippen LogP contribution is -2.08. The maximum absolute atomic E-state index is 12.4. The molecule has 27 heavy (non-hydrogen) atoms. The number of hydrogen-bond acceptors (Lipinski definition) is 4. The van der Waals surface area contributed by atoms with Crippen LogP contribution in [-0.2, 0) is 4.79 Å². The molecule has 0 radical (unpaired) electrons. The van der Waals surface area contributed by atoms with E-state index in [1.807, 2.05) is 72.8 Å². The van der Waals surface area contributed by atoms with Gasteiger partial charge < -0.3 is 14.8 Å². The second kappa shape index (κ2) is 8.01. The van der Waals surface area contributed by atoms with Crippen LogP contribution in [0.1, 0.15) is 5.56 Å². The number of rotatable bonds is 5. The van der Waals surface area contributed by atoms with Gasteiger partial charge in [0.15, 0.2) is 11.5 Å². The van der Waals surface area contributed by atoms with E-state index < -0.39 is 0 Å². The molecule has 0 saturated carbocycles. The number of nitrogens with one attached hydrogen (secondary N) is 1. The summed E-state index contributed by atoms with van der Waals surface area (Å²) in [7, 11) is 0. The van der Waals surface area contributed by atoms with Crippen molar-refractivity contribution < 1.29 is 14.3 Å². The number of para-hydroxylation sites is 1. The highest BCUT2D eigenvalue weighted by molar-refractivity contribution is 7.99. The molecule has 1 heterocycles.